The van der Waals surface area contributed by atoms with E-state index in [1.54, 1.807) is 18.0 Å². The average Bonchev–Trinajstić information content (AvgIpc) is 2.88. The summed E-state index contributed by atoms with van der Waals surface area (Å²) in [6.07, 6.45) is 1.61. The fourth-order valence-electron chi connectivity index (χ4n) is 2.82. The summed E-state index contributed by atoms with van der Waals surface area (Å²) in [5.74, 6) is 0.0184. The predicted octanol–water partition coefficient (Wildman–Crippen LogP) is 1.05. The molecule has 1 aromatic heterocycles. The van der Waals surface area contributed by atoms with E-state index in [9.17, 15) is 13.2 Å². The van der Waals surface area contributed by atoms with Gasteiger partial charge in [-0.15, -0.1) is 0 Å². The molecule has 1 saturated heterocycles. The maximum absolute atomic E-state index is 12.7. The van der Waals surface area contributed by atoms with Gasteiger partial charge in [0.15, 0.2) is 0 Å². The zero-order chi connectivity index (χ0) is 17.4. The predicted molar refractivity (Wildman–Crippen MR) is 88.9 cm³/mol. The zero-order valence-corrected chi connectivity index (χ0v) is 15.4. The largest absolute Gasteiger partial charge is 0.336 e. The van der Waals surface area contributed by atoms with Crippen molar-refractivity contribution in [2.45, 2.75) is 40.2 Å². The first-order valence-corrected chi connectivity index (χ1v) is 9.51. The van der Waals surface area contributed by atoms with E-state index in [2.05, 4.69) is 5.10 Å². The van der Waals surface area contributed by atoms with Crippen molar-refractivity contribution in [2.24, 2.45) is 0 Å². The van der Waals surface area contributed by atoms with E-state index in [-0.39, 0.29) is 17.2 Å². The third-order valence-corrected chi connectivity index (χ3v) is 6.04. The van der Waals surface area contributed by atoms with Crippen molar-refractivity contribution in [1.82, 2.24) is 19.0 Å². The first-order chi connectivity index (χ1) is 10.6. The number of nitrogens with zero attached hydrogens (tertiary/aromatic N) is 4. The SMILES string of the molecule is CCS(=O)(=O)N1CCN(C(=O)c2cnn(C(C)(C)C)c2C)CC1. The number of carbonyl (C=O) groups excluding carboxylic acids is 1. The van der Waals surface area contributed by atoms with E-state index < -0.39 is 10.0 Å². The Kier molecular flexibility index (Phi) is 4.86. The quantitative estimate of drug-likeness (QED) is 0.823. The first-order valence-electron chi connectivity index (χ1n) is 7.90. The highest BCUT2D eigenvalue weighted by molar-refractivity contribution is 7.89. The molecule has 2 heterocycles. The van der Waals surface area contributed by atoms with Crippen molar-refractivity contribution in [2.75, 3.05) is 31.9 Å². The van der Waals surface area contributed by atoms with Gasteiger partial charge in [-0.2, -0.15) is 9.40 Å². The monoisotopic (exact) mass is 342 g/mol. The summed E-state index contributed by atoms with van der Waals surface area (Å²) < 4.78 is 27.1. The lowest BCUT2D eigenvalue weighted by Crippen LogP contribution is -2.50. The molecule has 0 aromatic carbocycles. The number of aromatic nitrogens is 2. The topological polar surface area (TPSA) is 75.5 Å². The molecular formula is C15H26N4O3S. The minimum absolute atomic E-state index is 0.0773. The van der Waals surface area contributed by atoms with Gasteiger partial charge >= 0.3 is 0 Å². The summed E-state index contributed by atoms with van der Waals surface area (Å²) in [6, 6.07) is 0. The Bertz CT molecular complexity index is 680. The molecule has 0 saturated carbocycles. The van der Waals surface area contributed by atoms with Gasteiger partial charge in [-0.1, -0.05) is 0 Å². The number of piperazine rings is 1. The number of carbonyl (C=O) groups is 1. The molecule has 1 amide bonds. The molecule has 1 aromatic rings. The molecule has 0 bridgehead atoms. The number of rotatable bonds is 3. The smallest absolute Gasteiger partial charge is 0.257 e. The fourth-order valence-corrected chi connectivity index (χ4v) is 3.90. The second-order valence-electron chi connectivity index (χ2n) is 6.82. The van der Waals surface area contributed by atoms with Crippen molar-refractivity contribution in [3.63, 3.8) is 0 Å². The average molecular weight is 342 g/mol. The van der Waals surface area contributed by atoms with Gasteiger partial charge in [-0.3, -0.25) is 9.48 Å². The van der Waals surface area contributed by atoms with Crippen molar-refractivity contribution in [3.8, 4) is 0 Å². The maximum atomic E-state index is 12.7. The normalized spacial score (nSPS) is 17.5. The molecule has 0 atom stereocenters. The molecule has 0 radical (unpaired) electrons. The summed E-state index contributed by atoms with van der Waals surface area (Å²) in [4.78, 5) is 14.4. The van der Waals surface area contributed by atoms with Crippen LogP contribution >= 0.6 is 0 Å². The van der Waals surface area contributed by atoms with Crippen molar-refractivity contribution >= 4 is 15.9 Å². The number of hydrogen-bond acceptors (Lipinski definition) is 4. The molecule has 2 rings (SSSR count). The van der Waals surface area contributed by atoms with Crippen molar-refractivity contribution in [1.29, 1.82) is 0 Å². The van der Waals surface area contributed by atoms with Gasteiger partial charge in [0, 0.05) is 31.9 Å². The summed E-state index contributed by atoms with van der Waals surface area (Å²) in [7, 11) is -3.18. The molecule has 7 nitrogen and oxygen atoms in total. The van der Waals surface area contributed by atoms with E-state index >= 15 is 0 Å². The van der Waals surface area contributed by atoms with E-state index in [1.807, 2.05) is 32.4 Å². The van der Waals surface area contributed by atoms with Gasteiger partial charge in [-0.25, -0.2) is 8.42 Å². The second kappa shape index (κ2) is 6.24. The molecule has 0 spiro atoms. The van der Waals surface area contributed by atoms with E-state index in [0.29, 0.717) is 31.7 Å². The Balaban J connectivity index is 2.11. The highest BCUT2D eigenvalue weighted by Gasteiger charge is 2.30. The maximum Gasteiger partial charge on any atom is 0.257 e. The van der Waals surface area contributed by atoms with Gasteiger partial charge in [0.25, 0.3) is 5.91 Å². The summed E-state index contributed by atoms with van der Waals surface area (Å²) in [5.41, 5.74) is 1.24. The van der Waals surface area contributed by atoms with Crippen LogP contribution in [0.5, 0.6) is 0 Å². The Labute approximate surface area is 138 Å². The molecule has 1 aliphatic heterocycles. The van der Waals surface area contributed by atoms with Gasteiger partial charge < -0.3 is 4.90 Å². The third-order valence-electron chi connectivity index (χ3n) is 4.16. The van der Waals surface area contributed by atoms with Crippen molar-refractivity contribution < 1.29 is 13.2 Å². The minimum atomic E-state index is -3.18. The lowest BCUT2D eigenvalue weighted by atomic mass is 10.1. The highest BCUT2D eigenvalue weighted by atomic mass is 32.2. The Hall–Kier alpha value is -1.41. The molecule has 0 N–H and O–H groups in total. The van der Waals surface area contributed by atoms with Crippen LogP contribution in [0.4, 0.5) is 0 Å². The van der Waals surface area contributed by atoms with Crippen molar-refractivity contribution in [3.05, 3.63) is 17.5 Å². The molecule has 8 heteroatoms. The molecule has 23 heavy (non-hydrogen) atoms. The summed E-state index contributed by atoms with van der Waals surface area (Å²) >= 11 is 0. The summed E-state index contributed by atoms with van der Waals surface area (Å²) in [5, 5.41) is 4.33. The second-order valence-corrected chi connectivity index (χ2v) is 9.08. The van der Waals surface area contributed by atoms with Crippen LogP contribution in [-0.2, 0) is 15.6 Å². The van der Waals surface area contributed by atoms with Gasteiger partial charge in [0.2, 0.25) is 10.0 Å². The van der Waals surface area contributed by atoms with E-state index in [1.165, 1.54) is 4.31 Å². The van der Waals surface area contributed by atoms with Crippen LogP contribution in [0, 0.1) is 6.92 Å². The molecule has 130 valence electrons. The lowest BCUT2D eigenvalue weighted by Gasteiger charge is -2.33. The minimum Gasteiger partial charge on any atom is -0.336 e. The van der Waals surface area contributed by atoms with E-state index in [4.69, 9.17) is 0 Å². The van der Waals surface area contributed by atoms with Gasteiger partial charge in [0.1, 0.15) is 0 Å². The molecule has 0 unspecified atom stereocenters. The van der Waals surface area contributed by atoms with Gasteiger partial charge in [-0.05, 0) is 34.6 Å². The third kappa shape index (κ3) is 3.58. The van der Waals surface area contributed by atoms with E-state index in [0.717, 1.165) is 5.69 Å². The number of amides is 1. The number of sulfonamides is 1. The first kappa shape index (κ1) is 17.9. The highest BCUT2D eigenvalue weighted by Crippen LogP contribution is 2.20. The van der Waals surface area contributed by atoms with Crippen LogP contribution < -0.4 is 0 Å². The summed E-state index contributed by atoms with van der Waals surface area (Å²) in [6.45, 7) is 11.2. The molecular weight excluding hydrogens is 316 g/mol. The van der Waals surface area contributed by atoms with Crippen LogP contribution in [-0.4, -0.2) is 65.2 Å². The number of hydrogen-bond donors (Lipinski definition) is 0. The van der Waals surface area contributed by atoms with Gasteiger partial charge in [0.05, 0.1) is 23.1 Å². The molecule has 0 aliphatic carbocycles. The lowest BCUT2D eigenvalue weighted by molar-refractivity contribution is 0.0697. The Morgan fingerprint density at radius 1 is 1.22 bits per heavy atom. The van der Waals surface area contributed by atoms with Crippen LogP contribution in [0.25, 0.3) is 0 Å². The van der Waals surface area contributed by atoms with Crippen LogP contribution in [0.1, 0.15) is 43.7 Å². The molecule has 1 fully saturated rings. The Morgan fingerprint density at radius 3 is 2.22 bits per heavy atom. The van der Waals surface area contributed by atoms with Crippen LogP contribution in [0.2, 0.25) is 0 Å². The van der Waals surface area contributed by atoms with Crippen LogP contribution in [0.15, 0.2) is 6.20 Å². The molecule has 1 aliphatic rings. The standard InChI is InChI=1S/C15H26N4O3S/c1-6-23(21,22)18-9-7-17(8-10-18)14(20)13-11-16-19(12(13)2)15(3,4)5/h11H,6-10H2,1-5H3. The van der Waals surface area contributed by atoms with Crippen LogP contribution in [0.3, 0.4) is 0 Å². The zero-order valence-electron chi connectivity index (χ0n) is 14.5. The Morgan fingerprint density at radius 2 is 1.78 bits per heavy atom. The fraction of sp³-hybridized carbons (Fsp3) is 0.733.